The molecule has 0 spiro atoms. The van der Waals surface area contributed by atoms with Crippen LogP contribution in [0.25, 0.3) is 11.6 Å². The van der Waals surface area contributed by atoms with Crippen LogP contribution in [0.4, 0.5) is 0 Å². The Bertz CT molecular complexity index is 994. The van der Waals surface area contributed by atoms with Gasteiger partial charge in [0.25, 0.3) is 5.91 Å². The van der Waals surface area contributed by atoms with Crippen LogP contribution < -0.4 is 19.5 Å². The fourth-order valence-electron chi connectivity index (χ4n) is 3.41. The standard InChI is InChI=1S/C26H34N2O7/c1-28(35-5)24(30)9-7-6-8-14-27-26(31)21(19-10-12-20(29)13-11-19)15-18-16-22(32-2)25(34-4)23(17-18)33-3/h10-13,15-17,29H,6-9,14H2,1-5H3,(H,27,31)/b21-15-. The summed E-state index contributed by atoms with van der Waals surface area (Å²) in [6, 6.07) is 9.92. The van der Waals surface area contributed by atoms with Crippen LogP contribution in [0.15, 0.2) is 36.4 Å². The van der Waals surface area contributed by atoms with Crippen LogP contribution in [0, 0.1) is 0 Å². The molecule has 35 heavy (non-hydrogen) atoms. The maximum Gasteiger partial charge on any atom is 0.251 e. The lowest BCUT2D eigenvalue weighted by Gasteiger charge is -2.14. The van der Waals surface area contributed by atoms with Crippen molar-refractivity contribution in [2.75, 3.05) is 42.0 Å². The molecule has 190 valence electrons. The van der Waals surface area contributed by atoms with E-state index in [1.54, 1.807) is 37.4 Å². The van der Waals surface area contributed by atoms with Crippen LogP contribution in [0.3, 0.4) is 0 Å². The van der Waals surface area contributed by atoms with E-state index in [2.05, 4.69) is 5.32 Å². The number of hydrogen-bond acceptors (Lipinski definition) is 7. The zero-order valence-corrected chi connectivity index (χ0v) is 20.9. The predicted molar refractivity (Wildman–Crippen MR) is 133 cm³/mol. The molecular weight excluding hydrogens is 452 g/mol. The Kier molecular flexibility index (Phi) is 10.9. The molecule has 2 amide bonds. The average molecular weight is 487 g/mol. The molecule has 2 N–H and O–H groups in total. The Hall–Kier alpha value is -3.72. The molecule has 9 heteroatoms. The second-order valence-electron chi connectivity index (χ2n) is 7.70. The highest BCUT2D eigenvalue weighted by Gasteiger charge is 2.16. The van der Waals surface area contributed by atoms with Gasteiger partial charge in [0.05, 0.1) is 28.4 Å². The van der Waals surface area contributed by atoms with E-state index < -0.39 is 0 Å². The third kappa shape index (κ3) is 7.92. The number of aromatic hydroxyl groups is 1. The minimum Gasteiger partial charge on any atom is -0.508 e. The molecule has 0 bridgehead atoms. The molecule has 0 atom stereocenters. The first kappa shape index (κ1) is 27.5. The van der Waals surface area contributed by atoms with E-state index in [0.29, 0.717) is 53.3 Å². The van der Waals surface area contributed by atoms with Gasteiger partial charge in [-0.3, -0.25) is 14.4 Å². The molecule has 9 nitrogen and oxygen atoms in total. The van der Waals surface area contributed by atoms with E-state index in [1.165, 1.54) is 45.6 Å². The molecule has 0 aliphatic carbocycles. The summed E-state index contributed by atoms with van der Waals surface area (Å²) in [4.78, 5) is 29.8. The lowest BCUT2D eigenvalue weighted by atomic mass is 10.0. The number of ether oxygens (including phenoxy) is 3. The number of carbonyl (C=O) groups is 2. The number of rotatable bonds is 13. The van der Waals surface area contributed by atoms with Gasteiger partial charge in [-0.1, -0.05) is 18.6 Å². The topological polar surface area (TPSA) is 107 Å². The van der Waals surface area contributed by atoms with Crippen LogP contribution in [-0.4, -0.2) is 64.0 Å². The summed E-state index contributed by atoms with van der Waals surface area (Å²) in [5.41, 5.74) is 1.73. The Labute approximate surface area is 206 Å². The highest BCUT2D eigenvalue weighted by Crippen LogP contribution is 2.39. The predicted octanol–water partition coefficient (Wildman–Crippen LogP) is 3.66. The van der Waals surface area contributed by atoms with Gasteiger partial charge in [-0.15, -0.1) is 0 Å². The van der Waals surface area contributed by atoms with Gasteiger partial charge in [0, 0.05) is 25.6 Å². The first-order valence-electron chi connectivity index (χ1n) is 11.2. The van der Waals surface area contributed by atoms with E-state index in [-0.39, 0.29) is 17.6 Å². The first-order valence-corrected chi connectivity index (χ1v) is 11.2. The monoisotopic (exact) mass is 486 g/mol. The molecule has 2 aromatic rings. The summed E-state index contributed by atoms with van der Waals surface area (Å²) in [5, 5.41) is 13.8. The molecule has 0 radical (unpaired) electrons. The van der Waals surface area contributed by atoms with Crippen molar-refractivity contribution in [2.45, 2.75) is 25.7 Å². The number of nitrogens with zero attached hydrogens (tertiary/aromatic N) is 1. The molecule has 2 aromatic carbocycles. The van der Waals surface area contributed by atoms with Crippen LogP contribution in [-0.2, 0) is 14.4 Å². The van der Waals surface area contributed by atoms with Crippen molar-refractivity contribution >= 4 is 23.5 Å². The minimum absolute atomic E-state index is 0.0839. The number of carbonyl (C=O) groups excluding carboxylic acids is 2. The lowest BCUT2D eigenvalue weighted by Crippen LogP contribution is -2.26. The van der Waals surface area contributed by atoms with Crippen LogP contribution in [0.5, 0.6) is 23.0 Å². The maximum atomic E-state index is 13.1. The molecule has 0 fully saturated rings. The normalized spacial score (nSPS) is 11.1. The highest BCUT2D eigenvalue weighted by molar-refractivity contribution is 6.24. The number of amides is 2. The fraction of sp³-hybridized carbons (Fsp3) is 0.385. The quantitative estimate of drug-likeness (QED) is 0.193. The summed E-state index contributed by atoms with van der Waals surface area (Å²) >= 11 is 0. The van der Waals surface area contributed by atoms with Gasteiger partial charge in [-0.25, -0.2) is 5.06 Å². The number of phenolic OH excluding ortho intramolecular Hbond substituents is 1. The molecule has 0 heterocycles. The number of phenols is 1. The first-order chi connectivity index (χ1) is 16.8. The van der Waals surface area contributed by atoms with Gasteiger partial charge in [0.2, 0.25) is 11.7 Å². The summed E-state index contributed by atoms with van der Waals surface area (Å²) in [6.07, 6.45) is 4.33. The van der Waals surface area contributed by atoms with Crippen LogP contribution in [0.2, 0.25) is 0 Å². The minimum atomic E-state index is -0.264. The van der Waals surface area contributed by atoms with Crippen molar-refractivity contribution in [1.29, 1.82) is 0 Å². The van der Waals surface area contributed by atoms with Crippen LogP contribution in [0.1, 0.15) is 36.8 Å². The fourth-order valence-corrected chi connectivity index (χ4v) is 3.41. The summed E-state index contributed by atoms with van der Waals surface area (Å²) in [5.74, 6) is 1.15. The summed E-state index contributed by atoms with van der Waals surface area (Å²) in [7, 11) is 7.61. The zero-order chi connectivity index (χ0) is 25.8. The molecule has 2 rings (SSSR count). The Morgan fingerprint density at radius 3 is 2.11 bits per heavy atom. The molecule has 0 saturated carbocycles. The number of benzene rings is 2. The summed E-state index contributed by atoms with van der Waals surface area (Å²) < 4.78 is 16.2. The van der Waals surface area contributed by atoms with Gasteiger partial charge < -0.3 is 24.6 Å². The number of methoxy groups -OCH3 is 3. The van der Waals surface area contributed by atoms with E-state index in [0.717, 1.165) is 12.8 Å². The number of nitrogens with one attached hydrogen (secondary N) is 1. The van der Waals surface area contributed by atoms with E-state index >= 15 is 0 Å². The van der Waals surface area contributed by atoms with E-state index in [4.69, 9.17) is 19.0 Å². The van der Waals surface area contributed by atoms with Crippen molar-refractivity contribution in [3.8, 4) is 23.0 Å². The second kappa shape index (κ2) is 13.9. The van der Waals surface area contributed by atoms with Gasteiger partial charge >= 0.3 is 0 Å². The second-order valence-corrected chi connectivity index (χ2v) is 7.70. The van der Waals surface area contributed by atoms with Crippen molar-refractivity contribution in [3.63, 3.8) is 0 Å². The summed E-state index contributed by atoms with van der Waals surface area (Å²) in [6.45, 7) is 0.456. The third-order valence-electron chi connectivity index (χ3n) is 5.40. The Morgan fingerprint density at radius 1 is 0.943 bits per heavy atom. The zero-order valence-electron chi connectivity index (χ0n) is 20.9. The smallest absolute Gasteiger partial charge is 0.251 e. The van der Waals surface area contributed by atoms with E-state index in [9.17, 15) is 14.7 Å². The van der Waals surface area contributed by atoms with Crippen molar-refractivity contribution < 1.29 is 33.7 Å². The molecular formula is C26H34N2O7. The molecule has 0 unspecified atom stereocenters. The molecule has 0 saturated heterocycles. The Morgan fingerprint density at radius 2 is 1.57 bits per heavy atom. The SMILES string of the molecule is COc1cc(/C=C(\C(=O)NCCCCCC(=O)N(C)OC)c2ccc(O)cc2)cc(OC)c1OC. The molecule has 0 aliphatic rings. The highest BCUT2D eigenvalue weighted by atomic mass is 16.7. The van der Waals surface area contributed by atoms with Crippen molar-refractivity contribution in [3.05, 3.63) is 47.5 Å². The molecule has 0 aliphatic heterocycles. The largest absolute Gasteiger partial charge is 0.508 e. The average Bonchev–Trinajstić information content (AvgIpc) is 2.88. The third-order valence-corrected chi connectivity index (χ3v) is 5.40. The van der Waals surface area contributed by atoms with Gasteiger partial charge in [0.15, 0.2) is 11.5 Å². The number of hydroxylamine groups is 2. The van der Waals surface area contributed by atoms with Crippen molar-refractivity contribution in [2.24, 2.45) is 0 Å². The van der Waals surface area contributed by atoms with E-state index in [1.807, 2.05) is 0 Å². The number of hydrogen-bond donors (Lipinski definition) is 2. The molecule has 0 aromatic heterocycles. The van der Waals surface area contributed by atoms with Gasteiger partial charge in [-0.2, -0.15) is 0 Å². The van der Waals surface area contributed by atoms with Crippen molar-refractivity contribution in [1.82, 2.24) is 10.4 Å². The van der Waals surface area contributed by atoms with Crippen LogP contribution >= 0.6 is 0 Å². The Balaban J connectivity index is 2.17. The maximum absolute atomic E-state index is 13.1. The number of unbranched alkanes of at least 4 members (excludes halogenated alkanes) is 2. The lowest BCUT2D eigenvalue weighted by molar-refractivity contribution is -0.168. The van der Waals surface area contributed by atoms with Gasteiger partial charge in [0.1, 0.15) is 5.75 Å². The van der Waals surface area contributed by atoms with Gasteiger partial charge in [-0.05, 0) is 54.3 Å².